The first-order chi connectivity index (χ1) is 17.0. The molecule has 0 saturated heterocycles. The van der Waals surface area contributed by atoms with Gasteiger partial charge in [0.2, 0.25) is 5.91 Å². The van der Waals surface area contributed by atoms with E-state index in [0.29, 0.717) is 12.3 Å². The van der Waals surface area contributed by atoms with Crippen molar-refractivity contribution < 1.29 is 24.2 Å². The molecule has 3 aliphatic rings. The number of fused-ring (bicyclic) bond motifs is 3. The van der Waals surface area contributed by atoms with E-state index in [2.05, 4.69) is 34.9 Å². The fraction of sp³-hybridized carbons (Fsp3) is 0.464. The van der Waals surface area contributed by atoms with Crippen LogP contribution in [0.5, 0.6) is 0 Å². The quantitative estimate of drug-likeness (QED) is 0.496. The van der Waals surface area contributed by atoms with Crippen molar-refractivity contribution >= 4 is 18.0 Å². The van der Waals surface area contributed by atoms with Crippen LogP contribution in [0.3, 0.4) is 0 Å². The van der Waals surface area contributed by atoms with E-state index in [0.717, 1.165) is 54.4 Å². The van der Waals surface area contributed by atoms with Gasteiger partial charge in [-0.25, -0.2) is 4.79 Å². The molecule has 2 saturated carbocycles. The third kappa shape index (κ3) is 5.34. The second-order valence-corrected chi connectivity index (χ2v) is 10.1. The summed E-state index contributed by atoms with van der Waals surface area (Å²) in [6.45, 7) is 0.195. The van der Waals surface area contributed by atoms with Gasteiger partial charge in [0.15, 0.2) is 0 Å². The molecule has 2 aromatic carbocycles. The fourth-order valence-electron chi connectivity index (χ4n) is 5.68. The maximum atomic E-state index is 13.1. The number of ether oxygens (including phenoxy) is 1. The summed E-state index contributed by atoms with van der Waals surface area (Å²) >= 11 is 0. The van der Waals surface area contributed by atoms with Crippen molar-refractivity contribution in [3.05, 3.63) is 59.7 Å². The molecule has 7 heteroatoms. The first kappa shape index (κ1) is 23.4. The molecule has 0 spiro atoms. The van der Waals surface area contributed by atoms with E-state index in [9.17, 15) is 14.4 Å². The van der Waals surface area contributed by atoms with E-state index < -0.39 is 18.1 Å². The lowest BCUT2D eigenvalue weighted by molar-refractivity contribution is -0.138. The van der Waals surface area contributed by atoms with Crippen LogP contribution in [0.4, 0.5) is 4.79 Å². The third-order valence-electron chi connectivity index (χ3n) is 7.64. The van der Waals surface area contributed by atoms with Gasteiger partial charge in [0.05, 0.1) is 6.42 Å². The summed E-state index contributed by atoms with van der Waals surface area (Å²) in [5.74, 6) is -0.764. The topological polar surface area (TPSA) is 105 Å². The Morgan fingerprint density at radius 2 is 1.60 bits per heavy atom. The largest absolute Gasteiger partial charge is 0.481 e. The molecule has 0 bridgehead atoms. The van der Waals surface area contributed by atoms with E-state index in [4.69, 9.17) is 9.84 Å². The first-order valence-electron chi connectivity index (χ1n) is 12.6. The van der Waals surface area contributed by atoms with Gasteiger partial charge in [0, 0.05) is 12.0 Å². The number of carboxylic acids is 1. The summed E-state index contributed by atoms with van der Waals surface area (Å²) in [4.78, 5) is 37.1. The molecule has 0 aromatic heterocycles. The lowest BCUT2D eigenvalue weighted by atomic mass is 9.98. The molecule has 35 heavy (non-hydrogen) atoms. The molecule has 3 aliphatic carbocycles. The van der Waals surface area contributed by atoms with Crippen molar-refractivity contribution in [1.82, 2.24) is 10.6 Å². The van der Waals surface area contributed by atoms with Gasteiger partial charge in [-0.15, -0.1) is 0 Å². The molecule has 3 atom stereocenters. The zero-order valence-corrected chi connectivity index (χ0v) is 19.7. The highest BCUT2D eigenvalue weighted by Crippen LogP contribution is 2.44. The number of carboxylic acid groups (broad SMARTS) is 1. The lowest BCUT2D eigenvalue weighted by Crippen LogP contribution is -2.51. The monoisotopic (exact) mass is 476 g/mol. The minimum Gasteiger partial charge on any atom is -0.481 e. The summed E-state index contributed by atoms with van der Waals surface area (Å²) in [7, 11) is 0. The van der Waals surface area contributed by atoms with Crippen LogP contribution >= 0.6 is 0 Å². The van der Waals surface area contributed by atoms with Crippen LogP contribution in [0.15, 0.2) is 48.5 Å². The Morgan fingerprint density at radius 3 is 2.23 bits per heavy atom. The molecule has 0 radical (unpaired) electrons. The van der Waals surface area contributed by atoms with Crippen molar-refractivity contribution in [2.75, 3.05) is 6.61 Å². The normalized spacial score (nSPS) is 21.6. The van der Waals surface area contributed by atoms with Gasteiger partial charge in [0.1, 0.15) is 12.6 Å². The summed E-state index contributed by atoms with van der Waals surface area (Å²) in [6.07, 6.45) is 4.61. The highest BCUT2D eigenvalue weighted by atomic mass is 16.5. The minimum atomic E-state index is -0.845. The Balaban J connectivity index is 1.21. The molecule has 2 amide bonds. The predicted octanol–water partition coefficient (Wildman–Crippen LogP) is 4.45. The molecular formula is C28H32N2O5. The van der Waals surface area contributed by atoms with Crippen LogP contribution in [0.1, 0.15) is 62.0 Å². The van der Waals surface area contributed by atoms with Gasteiger partial charge in [-0.05, 0) is 53.4 Å². The average molecular weight is 477 g/mol. The second kappa shape index (κ2) is 10.1. The van der Waals surface area contributed by atoms with Crippen LogP contribution < -0.4 is 10.6 Å². The maximum absolute atomic E-state index is 13.1. The molecule has 184 valence electrons. The Bertz CT molecular complexity index is 1070. The van der Waals surface area contributed by atoms with Gasteiger partial charge in [-0.3, -0.25) is 9.59 Å². The lowest BCUT2D eigenvalue weighted by Gasteiger charge is -2.24. The van der Waals surface area contributed by atoms with Crippen molar-refractivity contribution in [2.24, 2.45) is 11.8 Å². The second-order valence-electron chi connectivity index (χ2n) is 10.1. The van der Waals surface area contributed by atoms with Crippen LogP contribution in [-0.4, -0.2) is 41.8 Å². The van der Waals surface area contributed by atoms with E-state index in [1.165, 1.54) is 0 Å². The van der Waals surface area contributed by atoms with Crippen LogP contribution in [0, 0.1) is 11.8 Å². The van der Waals surface area contributed by atoms with Crippen LogP contribution in [-0.2, 0) is 14.3 Å². The fourth-order valence-corrected chi connectivity index (χ4v) is 5.68. The SMILES string of the molecule is O=C(O)C[C@@H]1CCC[C@H]1NC(=O)C(CC1CC1)NC(=O)OCC1c2ccccc2-c2ccccc21. The molecule has 2 fully saturated rings. The summed E-state index contributed by atoms with van der Waals surface area (Å²) in [6, 6.07) is 15.5. The Labute approximate surface area is 205 Å². The maximum Gasteiger partial charge on any atom is 0.407 e. The van der Waals surface area contributed by atoms with Gasteiger partial charge in [-0.1, -0.05) is 67.8 Å². The van der Waals surface area contributed by atoms with Crippen molar-refractivity contribution in [2.45, 2.75) is 62.9 Å². The summed E-state index contributed by atoms with van der Waals surface area (Å²) in [5.41, 5.74) is 4.60. The van der Waals surface area contributed by atoms with Crippen LogP contribution in [0.25, 0.3) is 11.1 Å². The molecule has 5 rings (SSSR count). The zero-order chi connectivity index (χ0) is 24.4. The number of rotatable bonds is 9. The van der Waals surface area contributed by atoms with Crippen molar-refractivity contribution in [3.8, 4) is 11.1 Å². The minimum absolute atomic E-state index is 0.0425. The molecule has 1 unspecified atom stereocenters. The van der Waals surface area contributed by atoms with E-state index in [1.807, 2.05) is 24.3 Å². The molecule has 0 aliphatic heterocycles. The third-order valence-corrected chi connectivity index (χ3v) is 7.64. The van der Waals surface area contributed by atoms with E-state index >= 15 is 0 Å². The Kier molecular flexibility index (Phi) is 6.75. The van der Waals surface area contributed by atoms with Crippen LogP contribution in [0.2, 0.25) is 0 Å². The number of aliphatic carboxylic acids is 1. The number of carbonyl (C=O) groups is 3. The van der Waals surface area contributed by atoms with E-state index in [-0.39, 0.29) is 36.8 Å². The number of hydrogen-bond acceptors (Lipinski definition) is 4. The van der Waals surface area contributed by atoms with Gasteiger partial charge in [-0.2, -0.15) is 0 Å². The first-order valence-corrected chi connectivity index (χ1v) is 12.6. The molecule has 2 aromatic rings. The van der Waals surface area contributed by atoms with Crippen molar-refractivity contribution in [1.29, 1.82) is 0 Å². The average Bonchev–Trinajstić information content (AvgIpc) is 3.48. The summed E-state index contributed by atoms with van der Waals surface area (Å²) in [5, 5.41) is 15.0. The van der Waals surface area contributed by atoms with Crippen molar-refractivity contribution in [3.63, 3.8) is 0 Å². The number of benzene rings is 2. The highest BCUT2D eigenvalue weighted by molar-refractivity contribution is 5.86. The number of nitrogens with one attached hydrogen (secondary N) is 2. The molecular weight excluding hydrogens is 444 g/mol. The van der Waals surface area contributed by atoms with Gasteiger partial charge >= 0.3 is 12.1 Å². The van der Waals surface area contributed by atoms with Gasteiger partial charge in [0.25, 0.3) is 0 Å². The molecule has 3 N–H and O–H groups in total. The zero-order valence-electron chi connectivity index (χ0n) is 19.7. The number of alkyl carbamates (subject to hydrolysis) is 1. The summed E-state index contributed by atoms with van der Waals surface area (Å²) < 4.78 is 5.66. The molecule has 7 nitrogen and oxygen atoms in total. The predicted molar refractivity (Wildman–Crippen MR) is 131 cm³/mol. The van der Waals surface area contributed by atoms with E-state index in [1.54, 1.807) is 0 Å². The standard InChI is InChI=1S/C28H32N2O5/c31-26(32)15-18-6-5-11-24(18)29-27(33)25(14-17-12-13-17)30-28(34)35-16-23-21-9-3-1-7-19(21)20-8-2-4-10-22(20)23/h1-4,7-10,17-18,23-25H,5-6,11-16H2,(H,29,33)(H,30,34)(H,31,32)/t18-,24+,25?/m0/s1. The number of amides is 2. The Morgan fingerprint density at radius 1 is 0.943 bits per heavy atom. The number of hydrogen-bond donors (Lipinski definition) is 3. The molecule has 0 heterocycles. The number of carbonyl (C=O) groups excluding carboxylic acids is 2. The Hall–Kier alpha value is -3.35. The highest BCUT2D eigenvalue weighted by Gasteiger charge is 2.36. The smallest absolute Gasteiger partial charge is 0.407 e. The van der Waals surface area contributed by atoms with Gasteiger partial charge < -0.3 is 20.5 Å².